The number of allylic oxidation sites excluding steroid dienone is 1. The molecule has 0 spiro atoms. The number of halogens is 2. The van der Waals surface area contributed by atoms with Gasteiger partial charge in [0.05, 0.1) is 24.9 Å². The number of para-hydroxylation sites is 1. The number of aliphatic imine (C=N–C) groups is 1. The van der Waals surface area contributed by atoms with Crippen LogP contribution in [0, 0.1) is 11.3 Å². The number of aliphatic carboxylic acids is 1. The Morgan fingerprint density at radius 1 is 0.543 bits per heavy atom. The molecule has 29 heteroatoms. The minimum absolute atomic E-state index is 0.139. The van der Waals surface area contributed by atoms with Crippen LogP contribution in [0.2, 0.25) is 0 Å². The first-order valence-corrected chi connectivity index (χ1v) is 41.4. The number of amides is 1. The van der Waals surface area contributed by atoms with Crippen LogP contribution in [0.25, 0.3) is 54.2 Å². The molecule has 2 N–H and O–H groups in total. The fourth-order valence-corrected chi connectivity index (χ4v) is 12.3. The van der Waals surface area contributed by atoms with Gasteiger partial charge in [0.15, 0.2) is 41.3 Å². The number of nitrogens with zero attached hydrogens (tertiary/aromatic N) is 8. The number of benzene rings is 1. The minimum atomic E-state index is -2.53. The average molecular weight is 1750 g/mol. The molecule has 0 bridgehead atoms. The highest BCUT2D eigenvalue weighted by atomic mass is 19.3. The molecule has 1 aromatic carbocycles. The molecule has 0 radical (unpaired) electrons. The first-order chi connectivity index (χ1) is 61.1. The number of anilines is 4. The van der Waals surface area contributed by atoms with Crippen molar-refractivity contribution in [3.63, 3.8) is 0 Å². The summed E-state index contributed by atoms with van der Waals surface area (Å²) in [5.74, 6) is 10.4. The Labute approximate surface area is 740 Å². The minimum Gasteiger partial charge on any atom is -0.476 e. The van der Waals surface area contributed by atoms with Gasteiger partial charge in [-0.25, -0.2) is 18.4 Å². The Morgan fingerprint density at radius 3 is 1.43 bits per heavy atom. The van der Waals surface area contributed by atoms with Gasteiger partial charge in [0, 0.05) is 134 Å². The summed E-state index contributed by atoms with van der Waals surface area (Å²) in [5, 5.41) is 25.3. The van der Waals surface area contributed by atoms with E-state index in [-0.39, 0.29) is 36.3 Å². The molecule has 5 fully saturated rings. The number of aliphatic hydroxyl groups excluding tert-OH is 1. The summed E-state index contributed by atoms with van der Waals surface area (Å²) >= 11 is 0. The molecule has 676 valence electrons. The molecule has 9 aromatic heterocycles. The highest BCUT2D eigenvalue weighted by Gasteiger charge is 2.29. The summed E-state index contributed by atoms with van der Waals surface area (Å²) in [7, 11) is 2.11. The van der Waals surface area contributed by atoms with Crippen LogP contribution < -0.4 is 24.3 Å². The summed E-state index contributed by atoms with van der Waals surface area (Å²) < 4.78 is 93.6. The second-order valence-electron chi connectivity index (χ2n) is 29.8. The van der Waals surface area contributed by atoms with Gasteiger partial charge in [0.2, 0.25) is 11.5 Å². The van der Waals surface area contributed by atoms with Crippen molar-refractivity contribution >= 4 is 108 Å². The number of hydrogen-bond acceptors (Lipinski definition) is 25. The number of morpholine rings is 1. The van der Waals surface area contributed by atoms with E-state index in [1.165, 1.54) is 31.1 Å². The lowest BCUT2D eigenvalue weighted by molar-refractivity contribution is -0.148. The molecular formula is C98H116F2N8O19. The molecule has 0 saturated carbocycles. The van der Waals surface area contributed by atoms with Crippen LogP contribution in [0.1, 0.15) is 166 Å². The van der Waals surface area contributed by atoms with Crippen molar-refractivity contribution in [2.75, 3.05) is 118 Å². The molecule has 0 aliphatic carbocycles. The van der Waals surface area contributed by atoms with Crippen molar-refractivity contribution in [1.29, 1.82) is 5.26 Å². The Hall–Kier alpha value is -13.7. The molecular weight excluding hydrogens is 1630 g/mol. The topological polar surface area (TPSA) is 320 Å². The second kappa shape index (κ2) is 52.8. The number of carbonyl (C=O) groups is 4. The van der Waals surface area contributed by atoms with E-state index in [0.717, 1.165) is 186 Å². The summed E-state index contributed by atoms with van der Waals surface area (Å²) in [4.78, 5) is 58.0. The van der Waals surface area contributed by atoms with Crippen molar-refractivity contribution in [2.24, 2.45) is 4.99 Å². The number of hydrogen-bond donors (Lipinski definition) is 2. The van der Waals surface area contributed by atoms with Crippen LogP contribution >= 0.6 is 0 Å². The third-order valence-electron chi connectivity index (χ3n) is 18.9. The number of carbonyl (C=O) groups excluding carboxylic acids is 3. The third kappa shape index (κ3) is 35.1. The molecule has 15 heterocycles. The number of furan rings is 9. The van der Waals surface area contributed by atoms with E-state index in [4.69, 9.17) is 64.7 Å². The number of aldehydes is 1. The van der Waals surface area contributed by atoms with Gasteiger partial charge in [-0.3, -0.25) is 14.6 Å². The monoisotopic (exact) mass is 1750 g/mol. The van der Waals surface area contributed by atoms with Crippen LogP contribution in [-0.4, -0.2) is 173 Å². The van der Waals surface area contributed by atoms with Crippen LogP contribution in [0.5, 0.6) is 11.7 Å². The largest absolute Gasteiger partial charge is 0.476 e. The average Bonchev–Trinajstić information content (AvgIpc) is 1.89. The summed E-state index contributed by atoms with van der Waals surface area (Å²) in [5.41, 5.74) is 0.678. The van der Waals surface area contributed by atoms with Gasteiger partial charge in [0.1, 0.15) is 81.1 Å². The van der Waals surface area contributed by atoms with E-state index in [0.29, 0.717) is 47.8 Å². The lowest BCUT2D eigenvalue weighted by Crippen LogP contribution is -2.50. The number of rotatable bonds is 19. The van der Waals surface area contributed by atoms with E-state index in [1.807, 2.05) is 136 Å². The number of Topliss-reactive ketones (excluding diaryl/α,β-unsaturated/α-hetero) is 1. The number of ketones is 1. The maximum atomic E-state index is 12.0. The van der Waals surface area contributed by atoms with Gasteiger partial charge in [-0.1, -0.05) is 70.8 Å². The van der Waals surface area contributed by atoms with Crippen molar-refractivity contribution in [3.05, 3.63) is 273 Å². The Balaban J connectivity index is 0.000000196. The van der Waals surface area contributed by atoms with Gasteiger partial charge < -0.3 is 98.3 Å². The van der Waals surface area contributed by atoms with Crippen LogP contribution in [0.3, 0.4) is 0 Å². The fourth-order valence-electron chi connectivity index (χ4n) is 12.3. The zero-order valence-electron chi connectivity index (χ0n) is 73.3. The molecule has 1 amide bonds. The molecule has 6 aliphatic heterocycles. The van der Waals surface area contributed by atoms with Gasteiger partial charge in [0.25, 0.3) is 12.4 Å². The maximum absolute atomic E-state index is 12.0. The van der Waals surface area contributed by atoms with E-state index in [2.05, 4.69) is 107 Å². The van der Waals surface area contributed by atoms with Gasteiger partial charge in [-0.2, -0.15) is 5.26 Å². The number of nitriles is 1. The van der Waals surface area contributed by atoms with Crippen LogP contribution in [0.15, 0.2) is 243 Å². The second-order valence-corrected chi connectivity index (χ2v) is 29.8. The molecule has 27 nitrogen and oxygen atoms in total. The molecule has 127 heavy (non-hydrogen) atoms. The number of likely N-dealkylation sites (N-methyl/N-ethyl adjacent to an activating group) is 1. The van der Waals surface area contributed by atoms with Gasteiger partial charge in [-0.15, -0.1) is 0 Å². The Bertz CT molecular complexity index is 5070. The Morgan fingerprint density at radius 2 is 1.00 bits per heavy atom. The first-order valence-electron chi connectivity index (χ1n) is 41.4. The highest BCUT2D eigenvalue weighted by molar-refractivity contribution is 6.31. The number of carboxylic acid groups (broad SMARTS) is 1. The van der Waals surface area contributed by atoms with Crippen LogP contribution in [-0.2, 0) is 23.8 Å². The van der Waals surface area contributed by atoms with Crippen molar-refractivity contribution in [3.8, 4) is 17.8 Å². The first kappa shape index (κ1) is 100. The van der Waals surface area contributed by atoms with E-state index >= 15 is 0 Å². The highest BCUT2D eigenvalue weighted by Crippen LogP contribution is 2.32. The summed E-state index contributed by atoms with van der Waals surface area (Å²) in [6.07, 6.45) is 20.5. The lowest BCUT2D eigenvalue weighted by atomic mass is 10.1. The zero-order chi connectivity index (χ0) is 92.2. The van der Waals surface area contributed by atoms with Gasteiger partial charge in [-0.05, 0) is 219 Å². The molecule has 16 rings (SSSR count). The zero-order valence-corrected chi connectivity index (χ0v) is 73.3. The number of piperazine rings is 2. The fraction of sp³-hybridized carbons (Fsp3) is 0.327. The van der Waals surface area contributed by atoms with Crippen molar-refractivity contribution < 1.29 is 96.9 Å². The van der Waals surface area contributed by atoms with Gasteiger partial charge >= 0.3 is 12.1 Å². The predicted octanol–water partition coefficient (Wildman–Crippen LogP) is 21.8. The molecule has 5 saturated heterocycles. The summed E-state index contributed by atoms with van der Waals surface area (Å²) in [6.45, 7) is 51.4. The van der Waals surface area contributed by atoms with E-state index in [9.17, 15) is 33.1 Å². The molecule has 3 atom stereocenters. The predicted molar refractivity (Wildman–Crippen MR) is 492 cm³/mol. The SMILES string of the molecule is C=Cc1ccc(C#N)o1.C=Cc1ccc(C(F)F)o1.C=Cc1ccc(C2=CC=NC2)o1.C=Cc1ccc(C2CCCCO2)o1.C=Cc1ccc(N2CC(C)OC(C)C2)o1.C=Cc1ccc(N2CCC(O)CC2)o1.C=Cc1ccc(N2CCN(C(=O)OC(C)(C)C)CC2)o1.C=Cc1ccc(Oc2ccccc2)o1.CC(=O)C(=O)O.CN1CCN(c2ccc(C=O)o2)CC1. The normalized spacial score (nSPS) is 16.3. The lowest BCUT2D eigenvalue weighted by Gasteiger charge is -2.35. The standard InChI is InChI=1S/C15H22N2O3.C12H17NO2.C12H10O2.C11H15NO2.C11H14O2.C10H14N2O2.C10H9NO.C7H6F2O.C7H5NO.C3H4O3/c1-5-12-6-7-13(19-12)16-8-10-17(11-9-16)14(18)20-15(2,3)4;1-4-11-5-6-12(15-11)13-7-9(2)14-10(3)8-13;1-2-10-8-9-12(13-10)14-11-6-4-3-5-7-11;1-2-10-3-4-11(14-10)12-7-5-9(13)6-8-12;1-2-9-6-7-11(13-9)10-5-3-4-8-12-10;1-11-4-6-12(7-5-11)10-3-2-9(8-13)14-10;1-2-9-3-4-10(12-9)8-5-6-11-7-8;1-2-5-3-4-6(10-5)7(8)9;1-2-6-3-4-7(5-8)9-6;1-2(4)3(5)6/h5-7H,1,8-11H2,2-4H3;4-6,9-10H,1,7-8H2,2-3H3;2-9H,1H2;2-4,9,13H,1,5-8H2;2,6-7,10H,1,3-5,8H2;2-3,8H,4-7H2,1H3;2-6H,1,7H2;2-4,7H,1H2;2-4H,1H2;1H3,(H,5,6). The quantitative estimate of drug-likeness (QED) is 0.0561. The maximum Gasteiger partial charge on any atom is 0.410 e. The molecule has 10 aromatic rings. The third-order valence-corrected chi connectivity index (χ3v) is 18.9. The number of ether oxygens (including phenoxy) is 4. The van der Waals surface area contributed by atoms with Crippen LogP contribution in [0.4, 0.5) is 37.1 Å². The number of alkyl halides is 2. The number of aliphatic hydroxyl groups is 1. The van der Waals surface area contributed by atoms with Crippen molar-refractivity contribution in [1.82, 2.24) is 9.80 Å². The molecule has 6 aliphatic rings. The van der Waals surface area contributed by atoms with E-state index < -0.39 is 23.8 Å². The van der Waals surface area contributed by atoms with Crippen molar-refractivity contribution in [2.45, 2.75) is 110 Å². The smallest absolute Gasteiger partial charge is 0.410 e. The molecule has 3 unspecified atom stereocenters. The number of piperidine rings is 1. The summed E-state index contributed by atoms with van der Waals surface area (Å²) in [6, 6.07) is 43.9. The van der Waals surface area contributed by atoms with E-state index in [1.54, 1.807) is 77.9 Å². The number of carboxylic acids is 1. The Kier molecular flexibility index (Phi) is 41.8.